The van der Waals surface area contributed by atoms with Gasteiger partial charge in [-0.15, -0.1) is 0 Å². The molecule has 8 heteroatoms. The van der Waals surface area contributed by atoms with Gasteiger partial charge in [0.2, 0.25) is 0 Å². The summed E-state index contributed by atoms with van der Waals surface area (Å²) in [6.07, 6.45) is 1.53. The minimum Gasteiger partial charge on any atom is -0.444 e. The maximum Gasteiger partial charge on any atom is 0.411 e. The lowest BCUT2D eigenvalue weighted by Gasteiger charge is -2.10. The van der Waals surface area contributed by atoms with Gasteiger partial charge in [0.15, 0.2) is 0 Å². The Labute approximate surface area is 194 Å². The molecule has 6 nitrogen and oxygen atoms in total. The molecule has 1 aromatic heterocycles. The molecule has 0 aliphatic rings. The van der Waals surface area contributed by atoms with Crippen LogP contribution in [-0.4, -0.2) is 15.6 Å². The van der Waals surface area contributed by atoms with E-state index in [9.17, 15) is 9.59 Å². The highest BCUT2D eigenvalue weighted by Gasteiger charge is 2.09. The molecule has 1 amide bonds. The number of aromatic nitrogens is 2. The highest BCUT2D eigenvalue weighted by atomic mass is 35.5. The van der Waals surface area contributed by atoms with E-state index in [4.69, 9.17) is 27.9 Å². The Kier molecular flexibility index (Phi) is 6.73. The fraction of sp³-hybridized carbons (Fsp3) is 0.125. The number of hydrogen-bond acceptors (Lipinski definition) is 4. The summed E-state index contributed by atoms with van der Waals surface area (Å²) >= 11 is 12.0. The molecule has 0 fully saturated rings. The second-order valence-corrected chi connectivity index (χ2v) is 7.97. The van der Waals surface area contributed by atoms with E-state index in [2.05, 4.69) is 10.3 Å². The van der Waals surface area contributed by atoms with Crippen molar-refractivity contribution in [3.05, 3.63) is 105 Å². The first kappa shape index (κ1) is 21.9. The van der Waals surface area contributed by atoms with Crippen LogP contribution in [0, 0.1) is 0 Å². The van der Waals surface area contributed by atoms with E-state index >= 15 is 0 Å². The lowest BCUT2D eigenvalue weighted by Crippen LogP contribution is -2.21. The van der Waals surface area contributed by atoms with Gasteiger partial charge in [-0.05, 0) is 47.9 Å². The number of halogens is 2. The molecule has 0 saturated heterocycles. The molecule has 0 saturated carbocycles. The summed E-state index contributed by atoms with van der Waals surface area (Å²) in [7, 11) is 0. The molecule has 0 aliphatic carbocycles. The van der Waals surface area contributed by atoms with Gasteiger partial charge in [-0.1, -0.05) is 59.6 Å². The fourth-order valence-corrected chi connectivity index (χ4v) is 3.54. The number of anilines is 1. The number of nitrogens with zero attached hydrogens (tertiary/aromatic N) is 2. The zero-order valence-electron chi connectivity index (χ0n) is 16.9. The predicted octanol–water partition coefficient (Wildman–Crippen LogP) is 5.69. The Bertz CT molecular complexity index is 1320. The number of hydrogen-bond donors (Lipinski definition) is 1. The van der Waals surface area contributed by atoms with Gasteiger partial charge in [-0.3, -0.25) is 14.7 Å². The monoisotopic (exact) mass is 467 g/mol. The number of fused-ring (bicyclic) bond motifs is 1. The van der Waals surface area contributed by atoms with Crippen LogP contribution in [0.2, 0.25) is 10.0 Å². The number of carbonyl (C=O) groups excluding carboxylic acids is 1. The van der Waals surface area contributed by atoms with Crippen molar-refractivity contribution in [2.24, 2.45) is 0 Å². The van der Waals surface area contributed by atoms with E-state index in [0.29, 0.717) is 39.6 Å². The van der Waals surface area contributed by atoms with E-state index in [1.54, 1.807) is 34.9 Å². The van der Waals surface area contributed by atoms with Gasteiger partial charge in [-0.25, -0.2) is 9.78 Å². The lowest BCUT2D eigenvalue weighted by molar-refractivity contribution is 0.155. The van der Waals surface area contributed by atoms with Crippen LogP contribution in [0.25, 0.3) is 10.9 Å². The number of benzene rings is 3. The largest absolute Gasteiger partial charge is 0.444 e. The third kappa shape index (κ3) is 5.28. The van der Waals surface area contributed by atoms with Gasteiger partial charge < -0.3 is 4.74 Å². The molecule has 0 unspecified atom stereocenters. The summed E-state index contributed by atoms with van der Waals surface area (Å²) in [6, 6.07) is 19.7. The summed E-state index contributed by atoms with van der Waals surface area (Å²) in [6.45, 7) is 0.619. The maximum atomic E-state index is 12.8. The van der Waals surface area contributed by atoms with Gasteiger partial charge in [-0.2, -0.15) is 0 Å². The Morgan fingerprint density at radius 2 is 1.78 bits per heavy atom. The number of aryl methyl sites for hydroxylation is 2. The first-order valence-corrected chi connectivity index (χ1v) is 10.7. The predicted molar refractivity (Wildman–Crippen MR) is 126 cm³/mol. The standard InChI is InChI=1S/C24H19Cl2N3O3/c25-20-9-6-16(12-21(20)26)10-11-29-15-27-22-13-18(7-8-19(22)23(29)30)28-24(31)32-14-17-4-2-1-3-5-17/h1-9,12-13,15H,10-11,14H2,(H,28,31). The van der Waals surface area contributed by atoms with Crippen LogP contribution in [0.4, 0.5) is 10.5 Å². The average molecular weight is 468 g/mol. The number of ether oxygens (including phenoxy) is 1. The first-order valence-electron chi connectivity index (χ1n) is 9.90. The maximum absolute atomic E-state index is 12.8. The van der Waals surface area contributed by atoms with Gasteiger partial charge in [0.25, 0.3) is 5.56 Å². The molecule has 0 bridgehead atoms. The van der Waals surface area contributed by atoms with E-state index in [1.165, 1.54) is 6.33 Å². The van der Waals surface area contributed by atoms with E-state index in [-0.39, 0.29) is 12.2 Å². The SMILES string of the molecule is O=C(Nc1ccc2c(=O)n(CCc3ccc(Cl)c(Cl)c3)cnc2c1)OCc1ccccc1. The number of amides is 1. The number of nitrogens with one attached hydrogen (secondary N) is 1. The zero-order chi connectivity index (χ0) is 22.5. The molecule has 162 valence electrons. The summed E-state index contributed by atoms with van der Waals surface area (Å²) in [5, 5.41) is 4.10. The molecular weight excluding hydrogens is 449 g/mol. The van der Waals surface area contributed by atoms with E-state index in [0.717, 1.165) is 11.1 Å². The number of rotatable bonds is 6. The van der Waals surface area contributed by atoms with Crippen molar-refractivity contribution >= 4 is 45.9 Å². The highest BCUT2D eigenvalue weighted by molar-refractivity contribution is 6.42. The average Bonchev–Trinajstić information content (AvgIpc) is 2.80. The Morgan fingerprint density at radius 1 is 0.969 bits per heavy atom. The van der Waals surface area contributed by atoms with Crippen molar-refractivity contribution in [2.45, 2.75) is 19.6 Å². The molecule has 0 spiro atoms. The molecule has 0 aliphatic heterocycles. The van der Waals surface area contributed by atoms with Crippen molar-refractivity contribution in [1.29, 1.82) is 0 Å². The lowest BCUT2D eigenvalue weighted by atomic mass is 10.1. The minimum atomic E-state index is -0.580. The third-order valence-electron chi connectivity index (χ3n) is 4.91. The van der Waals surface area contributed by atoms with Crippen LogP contribution >= 0.6 is 23.2 Å². The third-order valence-corrected chi connectivity index (χ3v) is 5.65. The van der Waals surface area contributed by atoms with Crippen molar-refractivity contribution in [3.8, 4) is 0 Å². The second kappa shape index (κ2) is 9.85. The summed E-state index contributed by atoms with van der Waals surface area (Å²) in [4.78, 5) is 29.3. The van der Waals surface area contributed by atoms with Crippen LogP contribution in [0.1, 0.15) is 11.1 Å². The van der Waals surface area contributed by atoms with E-state index in [1.807, 2.05) is 36.4 Å². The molecule has 3 aromatic carbocycles. The smallest absolute Gasteiger partial charge is 0.411 e. The topological polar surface area (TPSA) is 73.2 Å². The van der Waals surface area contributed by atoms with E-state index < -0.39 is 6.09 Å². The van der Waals surface area contributed by atoms with Gasteiger partial charge in [0, 0.05) is 12.2 Å². The molecule has 1 heterocycles. The molecule has 4 aromatic rings. The molecule has 4 rings (SSSR count). The van der Waals surface area contributed by atoms with Crippen molar-refractivity contribution in [2.75, 3.05) is 5.32 Å². The molecule has 0 atom stereocenters. The molecule has 0 radical (unpaired) electrons. The Morgan fingerprint density at radius 3 is 2.56 bits per heavy atom. The first-order chi connectivity index (χ1) is 15.5. The summed E-state index contributed by atoms with van der Waals surface area (Å²) in [5.41, 5.74) is 2.69. The van der Waals surface area contributed by atoms with Crippen LogP contribution < -0.4 is 10.9 Å². The second-order valence-electron chi connectivity index (χ2n) is 7.16. The van der Waals surface area contributed by atoms with Crippen molar-refractivity contribution in [1.82, 2.24) is 9.55 Å². The van der Waals surface area contributed by atoms with Crippen LogP contribution in [0.3, 0.4) is 0 Å². The molecular formula is C24H19Cl2N3O3. The Balaban J connectivity index is 1.42. The molecule has 1 N–H and O–H groups in total. The van der Waals surface area contributed by atoms with Gasteiger partial charge >= 0.3 is 6.09 Å². The summed E-state index contributed by atoms with van der Waals surface area (Å²) in [5.74, 6) is 0. The van der Waals surface area contributed by atoms with Crippen molar-refractivity contribution < 1.29 is 9.53 Å². The zero-order valence-corrected chi connectivity index (χ0v) is 18.4. The fourth-order valence-electron chi connectivity index (χ4n) is 3.22. The molecule has 32 heavy (non-hydrogen) atoms. The van der Waals surface area contributed by atoms with Crippen molar-refractivity contribution in [3.63, 3.8) is 0 Å². The van der Waals surface area contributed by atoms with Crippen LogP contribution in [0.5, 0.6) is 0 Å². The number of carbonyl (C=O) groups is 1. The van der Waals surface area contributed by atoms with Crippen LogP contribution in [0.15, 0.2) is 77.9 Å². The van der Waals surface area contributed by atoms with Gasteiger partial charge in [0.05, 0.1) is 27.3 Å². The van der Waals surface area contributed by atoms with Crippen LogP contribution in [-0.2, 0) is 24.3 Å². The normalized spacial score (nSPS) is 10.8. The highest BCUT2D eigenvalue weighted by Crippen LogP contribution is 2.23. The summed E-state index contributed by atoms with van der Waals surface area (Å²) < 4.78 is 6.77. The quantitative estimate of drug-likeness (QED) is 0.394. The Hall–Kier alpha value is -3.35. The minimum absolute atomic E-state index is 0.159. The van der Waals surface area contributed by atoms with Gasteiger partial charge in [0.1, 0.15) is 6.61 Å².